The molecule has 0 radical (unpaired) electrons. The molecular formula is C8H13NOSi. The molecule has 0 saturated carbocycles. The molecule has 11 heavy (non-hydrogen) atoms. The van der Waals surface area contributed by atoms with Crippen molar-refractivity contribution >= 4 is 14.5 Å². The first kappa shape index (κ1) is 8.27. The van der Waals surface area contributed by atoms with Gasteiger partial charge in [-0.25, -0.2) is 0 Å². The van der Waals surface area contributed by atoms with Crippen LogP contribution in [0.15, 0.2) is 27.5 Å². The summed E-state index contributed by atoms with van der Waals surface area (Å²) in [6.45, 7) is 6.56. The quantitative estimate of drug-likeness (QED) is 0.491. The van der Waals surface area contributed by atoms with Gasteiger partial charge in [0.2, 0.25) is 0 Å². The first-order valence-electron chi connectivity index (χ1n) is 3.67. The van der Waals surface area contributed by atoms with Gasteiger partial charge in [0.1, 0.15) is 5.76 Å². The Morgan fingerprint density at radius 1 is 1.45 bits per heavy atom. The van der Waals surface area contributed by atoms with E-state index in [-0.39, 0.29) is 0 Å². The molecule has 60 valence electrons. The van der Waals surface area contributed by atoms with Crippen molar-refractivity contribution in [3.8, 4) is 0 Å². The van der Waals surface area contributed by atoms with Gasteiger partial charge in [-0.3, -0.25) is 0 Å². The second kappa shape index (κ2) is 3.05. The Morgan fingerprint density at radius 3 is 2.64 bits per heavy atom. The minimum absolute atomic E-state index is 0.840. The predicted octanol–water partition coefficient (Wildman–Crippen LogP) is 2.53. The Balaban J connectivity index is 2.63. The molecule has 3 heteroatoms. The Hall–Kier alpha value is -0.833. The Kier molecular flexibility index (Phi) is 2.29. The first-order valence-corrected chi connectivity index (χ1v) is 7.11. The summed E-state index contributed by atoms with van der Waals surface area (Å²) >= 11 is 0. The fourth-order valence-corrected chi connectivity index (χ4v) is 1.14. The Labute approximate surface area is 68.0 Å². The van der Waals surface area contributed by atoms with E-state index in [0.29, 0.717) is 0 Å². The molecule has 0 aliphatic carbocycles. The van der Waals surface area contributed by atoms with Gasteiger partial charge in [0.05, 0.1) is 12.5 Å². The average Bonchev–Trinajstić information content (AvgIpc) is 2.32. The van der Waals surface area contributed by atoms with Crippen LogP contribution < -0.4 is 0 Å². The lowest BCUT2D eigenvalue weighted by atomic mass is 10.5. The molecule has 0 spiro atoms. The Bertz CT molecular complexity index is 233. The molecule has 0 bridgehead atoms. The lowest BCUT2D eigenvalue weighted by Crippen LogP contribution is -2.16. The summed E-state index contributed by atoms with van der Waals surface area (Å²) in [5.74, 6) is 0.840. The third kappa shape index (κ3) is 3.18. The molecule has 0 aromatic carbocycles. The molecule has 1 aromatic rings. The summed E-state index contributed by atoms with van der Waals surface area (Å²) in [5.41, 5.74) is 0. The fourth-order valence-electron chi connectivity index (χ4n) is 0.622. The number of rotatable bonds is 2. The molecule has 0 aliphatic heterocycles. The van der Waals surface area contributed by atoms with Gasteiger partial charge in [-0.15, -0.1) is 0 Å². The molecule has 2 nitrogen and oxygen atoms in total. The van der Waals surface area contributed by atoms with E-state index in [9.17, 15) is 0 Å². The summed E-state index contributed by atoms with van der Waals surface area (Å²) in [6, 6.07) is 3.77. The monoisotopic (exact) mass is 167 g/mol. The van der Waals surface area contributed by atoms with Crippen molar-refractivity contribution in [3.63, 3.8) is 0 Å². The first-order chi connectivity index (χ1) is 5.08. The van der Waals surface area contributed by atoms with Gasteiger partial charge < -0.3 is 9.08 Å². The summed E-state index contributed by atoms with van der Waals surface area (Å²) < 4.78 is 9.52. The number of furan rings is 1. The highest BCUT2D eigenvalue weighted by molar-refractivity contribution is 6.75. The van der Waals surface area contributed by atoms with Gasteiger partial charge in [-0.2, -0.15) is 0 Å². The zero-order valence-corrected chi connectivity index (χ0v) is 8.16. The van der Waals surface area contributed by atoms with Crippen molar-refractivity contribution in [1.82, 2.24) is 0 Å². The highest BCUT2D eigenvalue weighted by Gasteiger charge is 2.09. The third-order valence-electron chi connectivity index (χ3n) is 1.12. The van der Waals surface area contributed by atoms with E-state index in [1.165, 1.54) is 0 Å². The summed E-state index contributed by atoms with van der Waals surface area (Å²) in [6.07, 6.45) is 3.47. The van der Waals surface area contributed by atoms with Crippen molar-refractivity contribution < 1.29 is 4.42 Å². The second-order valence-corrected chi connectivity index (χ2v) is 8.04. The van der Waals surface area contributed by atoms with E-state index in [2.05, 4.69) is 24.3 Å². The maximum atomic E-state index is 5.10. The second-order valence-electron chi connectivity index (χ2n) is 3.44. The highest BCUT2D eigenvalue weighted by atomic mass is 28.3. The summed E-state index contributed by atoms with van der Waals surface area (Å²) in [5, 5.41) is 0. The topological polar surface area (TPSA) is 25.5 Å². The molecule has 0 atom stereocenters. The molecule has 0 aliphatic rings. The van der Waals surface area contributed by atoms with Crippen LogP contribution >= 0.6 is 0 Å². The van der Waals surface area contributed by atoms with Crippen LogP contribution in [0, 0.1) is 0 Å². The molecule has 0 amide bonds. The standard InChI is InChI=1S/C8H13NOSi/c1-11(2,3)9-7-8-5-4-6-10-8/h4-7H,1-3H3. The zero-order valence-electron chi connectivity index (χ0n) is 7.16. The van der Waals surface area contributed by atoms with Gasteiger partial charge in [0, 0.05) is 0 Å². The molecule has 1 heterocycles. The lowest BCUT2D eigenvalue weighted by molar-refractivity contribution is 0.560. The highest BCUT2D eigenvalue weighted by Crippen LogP contribution is 2.03. The minimum atomic E-state index is -1.30. The molecule has 1 rings (SSSR count). The predicted molar refractivity (Wildman–Crippen MR) is 49.6 cm³/mol. The van der Waals surface area contributed by atoms with Crippen molar-refractivity contribution in [2.45, 2.75) is 19.6 Å². The van der Waals surface area contributed by atoms with E-state index in [1.807, 2.05) is 18.3 Å². The van der Waals surface area contributed by atoms with Crippen LogP contribution in [0.1, 0.15) is 5.76 Å². The molecule has 0 fully saturated rings. The van der Waals surface area contributed by atoms with Crippen LogP contribution in [-0.2, 0) is 0 Å². The fraction of sp³-hybridized carbons (Fsp3) is 0.375. The summed E-state index contributed by atoms with van der Waals surface area (Å²) in [7, 11) is -1.30. The van der Waals surface area contributed by atoms with Crippen LogP contribution in [0.4, 0.5) is 0 Å². The maximum absolute atomic E-state index is 5.10. The van der Waals surface area contributed by atoms with Gasteiger partial charge in [0.15, 0.2) is 8.24 Å². The molecule has 1 aromatic heterocycles. The van der Waals surface area contributed by atoms with Gasteiger partial charge in [-0.1, -0.05) is 0 Å². The minimum Gasteiger partial charge on any atom is -0.463 e. The number of hydrogen-bond donors (Lipinski definition) is 0. The molecule has 0 unspecified atom stereocenters. The largest absolute Gasteiger partial charge is 0.463 e. The molecular weight excluding hydrogens is 154 g/mol. The average molecular weight is 167 g/mol. The lowest BCUT2D eigenvalue weighted by Gasteiger charge is -2.05. The van der Waals surface area contributed by atoms with Crippen molar-refractivity contribution in [1.29, 1.82) is 0 Å². The van der Waals surface area contributed by atoms with Crippen molar-refractivity contribution in [2.75, 3.05) is 0 Å². The number of hydrogen-bond acceptors (Lipinski definition) is 2. The molecule has 0 saturated heterocycles. The zero-order chi connectivity index (χ0) is 8.32. The van der Waals surface area contributed by atoms with Gasteiger partial charge in [0.25, 0.3) is 0 Å². The van der Waals surface area contributed by atoms with Gasteiger partial charge in [-0.05, 0) is 31.8 Å². The Morgan fingerprint density at radius 2 is 2.18 bits per heavy atom. The van der Waals surface area contributed by atoms with Crippen LogP contribution in [0.5, 0.6) is 0 Å². The van der Waals surface area contributed by atoms with Crippen LogP contribution in [0.3, 0.4) is 0 Å². The number of nitrogens with zero attached hydrogens (tertiary/aromatic N) is 1. The van der Waals surface area contributed by atoms with Gasteiger partial charge >= 0.3 is 0 Å². The van der Waals surface area contributed by atoms with E-state index in [4.69, 9.17) is 4.42 Å². The SMILES string of the molecule is C[Si](C)(C)N=Cc1ccco1. The third-order valence-corrected chi connectivity index (χ3v) is 2.03. The van der Waals surface area contributed by atoms with Crippen LogP contribution in [-0.4, -0.2) is 14.5 Å². The van der Waals surface area contributed by atoms with Crippen molar-refractivity contribution in [3.05, 3.63) is 24.2 Å². The van der Waals surface area contributed by atoms with E-state index in [1.54, 1.807) is 6.26 Å². The van der Waals surface area contributed by atoms with Crippen LogP contribution in [0.2, 0.25) is 19.6 Å². The maximum Gasteiger partial charge on any atom is 0.172 e. The summed E-state index contributed by atoms with van der Waals surface area (Å²) in [4.78, 5) is 0. The smallest absolute Gasteiger partial charge is 0.172 e. The van der Waals surface area contributed by atoms with Crippen LogP contribution in [0.25, 0.3) is 0 Å². The van der Waals surface area contributed by atoms with Crippen molar-refractivity contribution in [2.24, 2.45) is 4.66 Å². The molecule has 0 N–H and O–H groups in total. The van der Waals surface area contributed by atoms with E-state index < -0.39 is 8.24 Å². The van der Waals surface area contributed by atoms with E-state index in [0.717, 1.165) is 5.76 Å². The normalized spacial score (nSPS) is 12.6. The van der Waals surface area contributed by atoms with E-state index >= 15 is 0 Å².